The lowest BCUT2D eigenvalue weighted by atomic mass is 9.97. The van der Waals surface area contributed by atoms with Gasteiger partial charge in [0.05, 0.1) is 13.0 Å². The highest BCUT2D eigenvalue weighted by Gasteiger charge is 2.15. The van der Waals surface area contributed by atoms with E-state index in [1.807, 2.05) is 49.0 Å². The zero-order valence-corrected chi connectivity index (χ0v) is 16.7. The molecule has 5 heteroatoms. The van der Waals surface area contributed by atoms with Gasteiger partial charge >= 0.3 is 0 Å². The average molecular weight is 386 g/mol. The molecule has 0 spiro atoms. The van der Waals surface area contributed by atoms with Crippen molar-refractivity contribution >= 4 is 39.8 Å². The molecule has 3 rings (SSSR count). The molecule has 0 aliphatic heterocycles. The molecular weight excluding hydrogens is 362 g/mol. The molecule has 2 aromatic carbocycles. The standard InChI is InChI=1S/C21H23NO2S2/c1-15(21(23)22-9-11-25-14-20-4-3-10-26-20)16-5-6-18-13-19(24-2)8-7-17(18)12-16/h3-8,10,12-13,15H,9,11,14H2,1-2H3,(H,22,23)/t15-/m0/s1. The van der Waals surface area contributed by atoms with Crippen LogP contribution >= 0.6 is 23.1 Å². The predicted octanol–water partition coefficient (Wildman–Crippen LogP) is 5.06. The third-order valence-corrected chi connectivity index (χ3v) is 6.40. The lowest BCUT2D eigenvalue weighted by Gasteiger charge is -2.13. The van der Waals surface area contributed by atoms with E-state index in [1.165, 1.54) is 4.88 Å². The van der Waals surface area contributed by atoms with E-state index in [1.54, 1.807) is 18.4 Å². The zero-order valence-electron chi connectivity index (χ0n) is 15.0. The second kappa shape index (κ2) is 9.10. The minimum absolute atomic E-state index is 0.0783. The van der Waals surface area contributed by atoms with Crippen LogP contribution in [0.3, 0.4) is 0 Å². The van der Waals surface area contributed by atoms with Crippen molar-refractivity contribution in [2.24, 2.45) is 0 Å². The van der Waals surface area contributed by atoms with E-state index in [0.29, 0.717) is 6.54 Å². The molecule has 0 unspecified atom stereocenters. The van der Waals surface area contributed by atoms with Gasteiger partial charge in [0.25, 0.3) is 0 Å². The smallest absolute Gasteiger partial charge is 0.227 e. The lowest BCUT2D eigenvalue weighted by Crippen LogP contribution is -2.29. The van der Waals surface area contributed by atoms with Crippen LogP contribution in [-0.4, -0.2) is 25.3 Å². The molecule has 0 aliphatic carbocycles. The summed E-state index contributed by atoms with van der Waals surface area (Å²) in [5, 5.41) is 7.38. The van der Waals surface area contributed by atoms with Crippen LogP contribution in [0.4, 0.5) is 0 Å². The molecule has 1 N–H and O–H groups in total. The Hall–Kier alpha value is -1.98. The molecule has 3 aromatic rings. The van der Waals surface area contributed by atoms with E-state index in [-0.39, 0.29) is 11.8 Å². The van der Waals surface area contributed by atoms with Crippen molar-refractivity contribution in [3.63, 3.8) is 0 Å². The predicted molar refractivity (Wildman–Crippen MR) is 112 cm³/mol. The molecule has 0 fully saturated rings. The number of hydrogen-bond donors (Lipinski definition) is 1. The number of thioether (sulfide) groups is 1. The van der Waals surface area contributed by atoms with Gasteiger partial charge in [0.15, 0.2) is 0 Å². The second-order valence-corrected chi connectivity index (χ2v) is 8.25. The highest BCUT2D eigenvalue weighted by atomic mass is 32.2. The number of carbonyl (C=O) groups excluding carboxylic acids is 1. The van der Waals surface area contributed by atoms with Gasteiger partial charge < -0.3 is 10.1 Å². The first-order valence-electron chi connectivity index (χ1n) is 8.63. The third kappa shape index (κ3) is 4.80. The number of carbonyl (C=O) groups is 1. The highest BCUT2D eigenvalue weighted by Crippen LogP contribution is 2.25. The largest absolute Gasteiger partial charge is 0.497 e. The second-order valence-electron chi connectivity index (χ2n) is 6.12. The summed E-state index contributed by atoms with van der Waals surface area (Å²) in [6.45, 7) is 2.66. The first kappa shape index (κ1) is 18.8. The Morgan fingerprint density at radius 1 is 1.19 bits per heavy atom. The molecule has 0 saturated carbocycles. The zero-order chi connectivity index (χ0) is 18.4. The third-order valence-electron chi connectivity index (χ3n) is 4.33. The van der Waals surface area contributed by atoms with E-state index >= 15 is 0 Å². The maximum absolute atomic E-state index is 12.4. The number of amides is 1. The maximum atomic E-state index is 12.4. The number of nitrogens with one attached hydrogen (secondary N) is 1. The van der Waals surface area contributed by atoms with Crippen molar-refractivity contribution in [1.82, 2.24) is 5.32 Å². The van der Waals surface area contributed by atoms with Crippen LogP contribution in [0, 0.1) is 0 Å². The molecule has 0 aliphatic rings. The van der Waals surface area contributed by atoms with Gasteiger partial charge in [0.2, 0.25) is 5.91 Å². The normalized spacial score (nSPS) is 12.1. The Morgan fingerprint density at radius 2 is 2.00 bits per heavy atom. The van der Waals surface area contributed by atoms with Gasteiger partial charge in [-0.2, -0.15) is 11.8 Å². The molecular formula is C21H23NO2S2. The molecule has 0 radical (unpaired) electrons. The van der Waals surface area contributed by atoms with Crippen LogP contribution < -0.4 is 10.1 Å². The SMILES string of the molecule is COc1ccc2cc([C@H](C)C(=O)NCCSCc3cccs3)ccc2c1. The summed E-state index contributed by atoms with van der Waals surface area (Å²) in [6, 6.07) is 16.4. The average Bonchev–Trinajstić information content (AvgIpc) is 3.19. The van der Waals surface area contributed by atoms with Gasteiger partial charge in [-0.3, -0.25) is 4.79 Å². The van der Waals surface area contributed by atoms with Crippen LogP contribution in [0.15, 0.2) is 53.9 Å². The molecule has 0 saturated heterocycles. The van der Waals surface area contributed by atoms with Gasteiger partial charge in [0, 0.05) is 22.9 Å². The number of rotatable bonds is 8. The Labute approximate surface area is 162 Å². The fourth-order valence-electron chi connectivity index (χ4n) is 2.76. The minimum Gasteiger partial charge on any atom is -0.497 e. The topological polar surface area (TPSA) is 38.3 Å². The summed E-state index contributed by atoms with van der Waals surface area (Å²) < 4.78 is 5.26. The number of hydrogen-bond acceptors (Lipinski definition) is 4. The molecule has 0 bridgehead atoms. The van der Waals surface area contributed by atoms with E-state index in [9.17, 15) is 4.79 Å². The molecule has 3 nitrogen and oxygen atoms in total. The Bertz CT molecular complexity index is 862. The van der Waals surface area contributed by atoms with Gasteiger partial charge in [-0.15, -0.1) is 11.3 Å². The first-order valence-corrected chi connectivity index (χ1v) is 10.7. The van der Waals surface area contributed by atoms with Gasteiger partial charge in [-0.05, 0) is 46.8 Å². The molecule has 26 heavy (non-hydrogen) atoms. The van der Waals surface area contributed by atoms with Gasteiger partial charge in [-0.1, -0.05) is 30.3 Å². The fourth-order valence-corrected chi connectivity index (χ4v) is 4.46. The first-order chi connectivity index (χ1) is 12.7. The number of benzene rings is 2. The Kier molecular flexibility index (Phi) is 6.58. The molecule has 1 heterocycles. The molecule has 1 aromatic heterocycles. The lowest BCUT2D eigenvalue weighted by molar-refractivity contribution is -0.122. The number of fused-ring (bicyclic) bond motifs is 1. The molecule has 1 amide bonds. The Morgan fingerprint density at radius 3 is 2.77 bits per heavy atom. The summed E-state index contributed by atoms with van der Waals surface area (Å²) in [5.74, 6) is 2.69. The van der Waals surface area contributed by atoms with E-state index in [2.05, 4.69) is 28.9 Å². The monoisotopic (exact) mass is 385 g/mol. The minimum atomic E-state index is -0.163. The number of methoxy groups -OCH3 is 1. The van der Waals surface area contributed by atoms with Crippen LogP contribution in [0.1, 0.15) is 23.3 Å². The Balaban J connectivity index is 1.51. The number of thiophene rings is 1. The fraction of sp³-hybridized carbons (Fsp3) is 0.286. The van der Waals surface area contributed by atoms with E-state index in [4.69, 9.17) is 4.74 Å². The maximum Gasteiger partial charge on any atom is 0.227 e. The van der Waals surface area contributed by atoms with Crippen molar-refractivity contribution in [3.05, 3.63) is 64.4 Å². The van der Waals surface area contributed by atoms with Crippen LogP contribution in [0.2, 0.25) is 0 Å². The van der Waals surface area contributed by atoms with Crippen molar-refractivity contribution in [2.75, 3.05) is 19.4 Å². The summed E-state index contributed by atoms with van der Waals surface area (Å²) in [4.78, 5) is 13.8. The van der Waals surface area contributed by atoms with Crippen molar-refractivity contribution in [3.8, 4) is 5.75 Å². The molecule has 136 valence electrons. The summed E-state index contributed by atoms with van der Waals surface area (Å²) in [7, 11) is 1.67. The van der Waals surface area contributed by atoms with Crippen molar-refractivity contribution < 1.29 is 9.53 Å². The van der Waals surface area contributed by atoms with Crippen LogP contribution in [0.25, 0.3) is 10.8 Å². The summed E-state index contributed by atoms with van der Waals surface area (Å²) in [6.07, 6.45) is 0. The summed E-state index contributed by atoms with van der Waals surface area (Å²) in [5.41, 5.74) is 1.03. The van der Waals surface area contributed by atoms with Crippen LogP contribution in [-0.2, 0) is 10.5 Å². The molecule has 1 atom stereocenters. The van der Waals surface area contributed by atoms with E-state index in [0.717, 1.165) is 33.6 Å². The number of ether oxygens (including phenoxy) is 1. The van der Waals surface area contributed by atoms with E-state index < -0.39 is 0 Å². The van der Waals surface area contributed by atoms with Crippen molar-refractivity contribution in [2.45, 2.75) is 18.6 Å². The van der Waals surface area contributed by atoms with Gasteiger partial charge in [0.1, 0.15) is 5.75 Å². The van der Waals surface area contributed by atoms with Gasteiger partial charge in [-0.25, -0.2) is 0 Å². The highest BCUT2D eigenvalue weighted by molar-refractivity contribution is 7.98. The quantitative estimate of drug-likeness (QED) is 0.551. The van der Waals surface area contributed by atoms with Crippen molar-refractivity contribution in [1.29, 1.82) is 0 Å². The summed E-state index contributed by atoms with van der Waals surface area (Å²) >= 11 is 3.63. The van der Waals surface area contributed by atoms with Crippen LogP contribution in [0.5, 0.6) is 5.75 Å².